The van der Waals surface area contributed by atoms with Gasteiger partial charge in [-0.25, -0.2) is 4.79 Å². The fraction of sp³-hybridized carbons (Fsp3) is 0. The van der Waals surface area contributed by atoms with Crippen LogP contribution in [0.1, 0.15) is 5.56 Å². The second kappa shape index (κ2) is 6.85. The van der Waals surface area contributed by atoms with E-state index < -0.39 is 5.97 Å². The lowest BCUT2D eigenvalue weighted by Crippen LogP contribution is -1.88. The molecule has 0 saturated heterocycles. The van der Waals surface area contributed by atoms with E-state index in [1.165, 1.54) is 6.08 Å². The minimum atomic E-state index is -1.04. The molecule has 2 rings (SSSR count). The first kappa shape index (κ1) is 15.7. The van der Waals surface area contributed by atoms with E-state index in [4.69, 9.17) is 44.6 Å². The molecule has 0 aliphatic carbocycles. The smallest absolute Gasteiger partial charge is 0.328 e. The van der Waals surface area contributed by atoms with Gasteiger partial charge in [-0.05, 0) is 42.0 Å². The van der Waals surface area contributed by atoms with Crippen LogP contribution in [0.4, 0.5) is 0 Å². The summed E-state index contributed by atoms with van der Waals surface area (Å²) in [5.41, 5.74) is 0.573. The maximum absolute atomic E-state index is 10.5. The van der Waals surface area contributed by atoms with E-state index in [2.05, 4.69) is 0 Å². The molecule has 0 aromatic heterocycles. The van der Waals surface area contributed by atoms with Crippen molar-refractivity contribution in [3.05, 3.63) is 63.1 Å². The Morgan fingerprint density at radius 1 is 1.10 bits per heavy atom. The Morgan fingerprint density at radius 2 is 1.86 bits per heavy atom. The van der Waals surface area contributed by atoms with Crippen LogP contribution in [-0.4, -0.2) is 11.1 Å². The topological polar surface area (TPSA) is 46.5 Å². The van der Waals surface area contributed by atoms with Crippen molar-refractivity contribution in [1.29, 1.82) is 0 Å². The lowest BCUT2D eigenvalue weighted by atomic mass is 10.2. The molecule has 0 amide bonds. The minimum absolute atomic E-state index is 0.310. The van der Waals surface area contributed by atoms with E-state index in [1.807, 2.05) is 0 Å². The van der Waals surface area contributed by atoms with Crippen LogP contribution in [0, 0.1) is 0 Å². The number of halogens is 3. The van der Waals surface area contributed by atoms with Gasteiger partial charge in [-0.3, -0.25) is 0 Å². The molecule has 0 aliphatic heterocycles. The molecule has 2 aromatic carbocycles. The van der Waals surface area contributed by atoms with Gasteiger partial charge in [0.25, 0.3) is 0 Å². The Bertz CT molecular complexity index is 711. The van der Waals surface area contributed by atoms with Crippen molar-refractivity contribution < 1.29 is 14.6 Å². The van der Waals surface area contributed by atoms with Crippen LogP contribution in [-0.2, 0) is 4.79 Å². The van der Waals surface area contributed by atoms with Crippen molar-refractivity contribution in [2.75, 3.05) is 0 Å². The summed E-state index contributed by atoms with van der Waals surface area (Å²) in [6, 6.07) is 9.93. The summed E-state index contributed by atoms with van der Waals surface area (Å²) in [4.78, 5) is 10.5. The third-order valence-corrected chi connectivity index (χ3v) is 3.65. The molecule has 0 saturated carbocycles. The molecule has 21 heavy (non-hydrogen) atoms. The molecule has 2 aromatic rings. The van der Waals surface area contributed by atoms with E-state index in [0.29, 0.717) is 32.1 Å². The zero-order valence-corrected chi connectivity index (χ0v) is 12.8. The number of hydrogen-bond acceptors (Lipinski definition) is 2. The number of carboxylic acids is 1. The van der Waals surface area contributed by atoms with Crippen LogP contribution in [0.15, 0.2) is 42.5 Å². The van der Waals surface area contributed by atoms with Gasteiger partial charge in [0, 0.05) is 6.08 Å². The monoisotopic (exact) mass is 342 g/mol. The second-order valence-electron chi connectivity index (χ2n) is 4.01. The van der Waals surface area contributed by atoms with Gasteiger partial charge in [0.05, 0.1) is 10.0 Å². The summed E-state index contributed by atoms with van der Waals surface area (Å²) >= 11 is 18.0. The maximum Gasteiger partial charge on any atom is 0.328 e. The molecule has 0 heterocycles. The Hall–Kier alpha value is -1.68. The zero-order chi connectivity index (χ0) is 15.4. The molecule has 0 aliphatic rings. The van der Waals surface area contributed by atoms with Crippen LogP contribution in [0.5, 0.6) is 11.5 Å². The second-order valence-corrected chi connectivity index (χ2v) is 5.20. The van der Waals surface area contributed by atoms with Crippen molar-refractivity contribution in [3.63, 3.8) is 0 Å². The Kier molecular flexibility index (Phi) is 5.12. The lowest BCUT2D eigenvalue weighted by molar-refractivity contribution is -0.131. The van der Waals surface area contributed by atoms with Gasteiger partial charge in [0.2, 0.25) is 0 Å². The van der Waals surface area contributed by atoms with Crippen LogP contribution < -0.4 is 4.74 Å². The average molecular weight is 344 g/mol. The molecule has 0 fully saturated rings. The third kappa shape index (κ3) is 4.14. The highest BCUT2D eigenvalue weighted by molar-refractivity contribution is 6.42. The van der Waals surface area contributed by atoms with Gasteiger partial charge in [0.1, 0.15) is 16.5 Å². The van der Waals surface area contributed by atoms with E-state index in [1.54, 1.807) is 36.4 Å². The normalized spacial score (nSPS) is 10.8. The number of carbonyl (C=O) groups is 1. The van der Waals surface area contributed by atoms with Crippen molar-refractivity contribution >= 4 is 46.8 Å². The molecule has 0 bridgehead atoms. The first-order valence-electron chi connectivity index (χ1n) is 5.80. The number of rotatable bonds is 4. The van der Waals surface area contributed by atoms with Crippen LogP contribution in [0.2, 0.25) is 15.1 Å². The largest absolute Gasteiger partial charge is 0.478 e. The summed E-state index contributed by atoms with van der Waals surface area (Å²) in [5.74, 6) is -0.164. The number of hydrogen-bond donors (Lipinski definition) is 1. The Labute approximate surface area is 136 Å². The summed E-state index contributed by atoms with van der Waals surface area (Å²) in [7, 11) is 0. The molecule has 6 heteroatoms. The summed E-state index contributed by atoms with van der Waals surface area (Å²) in [6.07, 6.45) is 2.41. The predicted molar refractivity (Wildman–Crippen MR) is 84.7 cm³/mol. The summed E-state index contributed by atoms with van der Waals surface area (Å²) < 4.78 is 5.61. The van der Waals surface area contributed by atoms with E-state index >= 15 is 0 Å². The quantitative estimate of drug-likeness (QED) is 0.742. The van der Waals surface area contributed by atoms with Crippen molar-refractivity contribution in [2.45, 2.75) is 0 Å². The van der Waals surface area contributed by atoms with Crippen LogP contribution in [0.25, 0.3) is 6.08 Å². The molecule has 0 spiro atoms. The number of carboxylic acid groups (broad SMARTS) is 1. The molecule has 0 radical (unpaired) electrons. The average Bonchev–Trinajstić information content (AvgIpc) is 2.43. The van der Waals surface area contributed by atoms with Gasteiger partial charge >= 0.3 is 5.97 Å². The van der Waals surface area contributed by atoms with E-state index in [0.717, 1.165) is 6.08 Å². The van der Waals surface area contributed by atoms with Gasteiger partial charge in [-0.1, -0.05) is 40.9 Å². The minimum Gasteiger partial charge on any atom is -0.478 e. The van der Waals surface area contributed by atoms with Crippen LogP contribution >= 0.6 is 34.8 Å². The fourth-order valence-corrected chi connectivity index (χ4v) is 2.12. The molecule has 108 valence electrons. The molecular weight excluding hydrogens is 335 g/mol. The van der Waals surface area contributed by atoms with Crippen molar-refractivity contribution in [1.82, 2.24) is 0 Å². The summed E-state index contributed by atoms with van der Waals surface area (Å²) in [6.45, 7) is 0. The van der Waals surface area contributed by atoms with E-state index in [9.17, 15) is 4.79 Å². The molecular formula is C15H9Cl3O3. The van der Waals surface area contributed by atoms with Crippen molar-refractivity contribution in [3.8, 4) is 11.5 Å². The molecule has 0 atom stereocenters. The SMILES string of the molecule is O=C(O)/C=C/c1ccc(Oc2cccc(Cl)c2Cl)cc1Cl. The van der Waals surface area contributed by atoms with Gasteiger partial charge in [-0.15, -0.1) is 0 Å². The van der Waals surface area contributed by atoms with Gasteiger partial charge in [-0.2, -0.15) is 0 Å². The van der Waals surface area contributed by atoms with Crippen LogP contribution in [0.3, 0.4) is 0 Å². The molecule has 1 N–H and O–H groups in total. The Balaban J connectivity index is 2.24. The van der Waals surface area contributed by atoms with Gasteiger partial charge in [0.15, 0.2) is 0 Å². The number of aliphatic carboxylic acids is 1. The highest BCUT2D eigenvalue weighted by Gasteiger charge is 2.08. The lowest BCUT2D eigenvalue weighted by Gasteiger charge is -2.09. The number of ether oxygens (including phenoxy) is 1. The highest BCUT2D eigenvalue weighted by atomic mass is 35.5. The predicted octanol–water partition coefficient (Wildman–Crippen LogP) is 5.54. The summed E-state index contributed by atoms with van der Waals surface area (Å²) in [5, 5.41) is 9.65. The standard InChI is InChI=1S/C15H9Cl3O3/c16-11-2-1-3-13(15(11)18)21-10-6-4-9(12(17)8-10)5-7-14(19)20/h1-8H,(H,19,20)/b7-5+. The Morgan fingerprint density at radius 3 is 2.52 bits per heavy atom. The maximum atomic E-state index is 10.5. The third-order valence-electron chi connectivity index (χ3n) is 2.52. The van der Waals surface area contributed by atoms with Gasteiger partial charge < -0.3 is 9.84 Å². The van der Waals surface area contributed by atoms with Crippen molar-refractivity contribution in [2.24, 2.45) is 0 Å². The highest BCUT2D eigenvalue weighted by Crippen LogP contribution is 2.35. The molecule has 0 unspecified atom stereocenters. The first-order valence-corrected chi connectivity index (χ1v) is 6.93. The fourth-order valence-electron chi connectivity index (χ4n) is 1.56. The van der Waals surface area contributed by atoms with E-state index in [-0.39, 0.29) is 0 Å². The molecule has 3 nitrogen and oxygen atoms in total. The zero-order valence-electron chi connectivity index (χ0n) is 10.5. The first-order chi connectivity index (χ1) is 9.97. The number of benzene rings is 2.